The summed E-state index contributed by atoms with van der Waals surface area (Å²) in [5, 5.41) is 3.43. The fourth-order valence-corrected chi connectivity index (χ4v) is 2.71. The van der Waals surface area contributed by atoms with Crippen molar-refractivity contribution in [3.63, 3.8) is 0 Å². The van der Waals surface area contributed by atoms with Crippen LogP contribution >= 0.6 is 11.3 Å². The summed E-state index contributed by atoms with van der Waals surface area (Å²) in [7, 11) is 3.29. The highest BCUT2D eigenvalue weighted by atomic mass is 32.1. The van der Waals surface area contributed by atoms with Gasteiger partial charge in [-0.05, 0) is 12.1 Å². The number of nitrogens with one attached hydrogen (secondary N) is 1. The van der Waals surface area contributed by atoms with Crippen molar-refractivity contribution < 1.29 is 9.47 Å². The molecular formula is C13H13N3O2S. The molecule has 0 radical (unpaired) electrons. The number of methoxy groups -OCH3 is 2. The number of hydrogen-bond donors (Lipinski definition) is 2. The predicted octanol–water partition coefficient (Wildman–Crippen LogP) is 2.89. The van der Waals surface area contributed by atoms with Crippen molar-refractivity contribution in [2.45, 2.75) is 0 Å². The number of anilines is 1. The molecule has 0 amide bonds. The molecule has 0 bridgehead atoms. The third-order valence-electron chi connectivity index (χ3n) is 3.00. The Balaban J connectivity index is 2.31. The van der Waals surface area contributed by atoms with Gasteiger partial charge >= 0.3 is 0 Å². The Kier molecular flexibility index (Phi) is 2.79. The zero-order chi connectivity index (χ0) is 13.4. The van der Waals surface area contributed by atoms with Crippen LogP contribution in [0.1, 0.15) is 0 Å². The van der Waals surface area contributed by atoms with E-state index in [2.05, 4.69) is 9.97 Å². The molecule has 0 saturated carbocycles. The second-order valence-corrected chi connectivity index (χ2v) is 4.88. The highest BCUT2D eigenvalue weighted by molar-refractivity contribution is 7.13. The number of thiazole rings is 1. The lowest BCUT2D eigenvalue weighted by molar-refractivity contribution is 0.410. The molecule has 0 fully saturated rings. The molecule has 0 atom stereocenters. The Morgan fingerprint density at radius 1 is 1.21 bits per heavy atom. The summed E-state index contributed by atoms with van der Waals surface area (Å²) in [6.07, 6.45) is 1.89. The Bertz CT molecular complexity index is 733. The quantitative estimate of drug-likeness (QED) is 0.771. The third kappa shape index (κ3) is 1.80. The van der Waals surface area contributed by atoms with Gasteiger partial charge in [-0.15, -0.1) is 11.3 Å². The molecule has 0 unspecified atom stereocenters. The van der Waals surface area contributed by atoms with Crippen LogP contribution in [0.3, 0.4) is 0 Å². The number of nitrogens with zero attached hydrogens (tertiary/aromatic N) is 1. The number of benzene rings is 1. The van der Waals surface area contributed by atoms with Crippen molar-refractivity contribution in [3.8, 4) is 22.8 Å². The van der Waals surface area contributed by atoms with Gasteiger partial charge in [-0.25, -0.2) is 4.98 Å². The topological polar surface area (TPSA) is 73.2 Å². The lowest BCUT2D eigenvalue weighted by Crippen LogP contribution is -1.89. The van der Waals surface area contributed by atoms with Gasteiger partial charge in [0.2, 0.25) is 0 Å². The van der Waals surface area contributed by atoms with Crippen molar-refractivity contribution in [2.75, 3.05) is 20.0 Å². The van der Waals surface area contributed by atoms with Gasteiger partial charge < -0.3 is 20.2 Å². The van der Waals surface area contributed by atoms with Crippen LogP contribution in [0.4, 0.5) is 5.13 Å². The highest BCUT2D eigenvalue weighted by Crippen LogP contribution is 2.39. The van der Waals surface area contributed by atoms with E-state index in [0.29, 0.717) is 5.13 Å². The highest BCUT2D eigenvalue weighted by Gasteiger charge is 2.16. The van der Waals surface area contributed by atoms with E-state index in [0.717, 1.165) is 33.7 Å². The SMILES string of the molecule is COc1ccc(OC)c2c(-c3csc(N)n3)c[nH]c12. The Morgan fingerprint density at radius 3 is 2.58 bits per heavy atom. The molecule has 3 N–H and O–H groups in total. The summed E-state index contributed by atoms with van der Waals surface area (Å²) >= 11 is 1.42. The lowest BCUT2D eigenvalue weighted by atomic mass is 10.1. The van der Waals surface area contributed by atoms with E-state index in [9.17, 15) is 0 Å². The van der Waals surface area contributed by atoms with Gasteiger partial charge in [-0.2, -0.15) is 0 Å². The van der Waals surface area contributed by atoms with Crippen LogP contribution in [0.5, 0.6) is 11.5 Å². The van der Waals surface area contributed by atoms with Gasteiger partial charge in [0.15, 0.2) is 5.13 Å². The average molecular weight is 275 g/mol. The summed E-state index contributed by atoms with van der Waals surface area (Å²) in [5.74, 6) is 1.55. The van der Waals surface area contributed by atoms with Crippen molar-refractivity contribution in [1.82, 2.24) is 9.97 Å². The lowest BCUT2D eigenvalue weighted by Gasteiger charge is -2.07. The Labute approximate surface area is 114 Å². The number of nitrogen functional groups attached to an aromatic ring is 1. The van der Waals surface area contributed by atoms with Crippen LogP contribution in [0.2, 0.25) is 0 Å². The summed E-state index contributed by atoms with van der Waals surface area (Å²) in [6, 6.07) is 3.76. The van der Waals surface area contributed by atoms with E-state index in [1.807, 2.05) is 23.7 Å². The molecule has 0 spiro atoms. The van der Waals surface area contributed by atoms with Crippen LogP contribution in [0.15, 0.2) is 23.7 Å². The second-order valence-electron chi connectivity index (χ2n) is 3.99. The molecular weight excluding hydrogens is 262 g/mol. The molecule has 1 aromatic carbocycles. The maximum absolute atomic E-state index is 5.70. The van der Waals surface area contributed by atoms with E-state index in [1.165, 1.54) is 11.3 Å². The number of rotatable bonds is 3. The molecule has 0 aliphatic heterocycles. The summed E-state index contributed by atoms with van der Waals surface area (Å²) < 4.78 is 10.8. The smallest absolute Gasteiger partial charge is 0.180 e. The first-order valence-corrected chi connectivity index (χ1v) is 6.56. The molecule has 2 heterocycles. The summed E-state index contributed by atoms with van der Waals surface area (Å²) in [5.41, 5.74) is 8.38. The Hall–Kier alpha value is -2.21. The standard InChI is InChI=1S/C13H13N3O2S/c1-17-9-3-4-10(18-2)12-11(9)7(5-15-12)8-6-19-13(14)16-8/h3-6,15H,1-2H3,(H2,14,16). The number of aromatic nitrogens is 2. The fourth-order valence-electron chi connectivity index (χ4n) is 2.15. The van der Waals surface area contributed by atoms with Gasteiger partial charge in [-0.3, -0.25) is 0 Å². The average Bonchev–Trinajstić information content (AvgIpc) is 3.03. The van der Waals surface area contributed by atoms with Crippen molar-refractivity contribution in [2.24, 2.45) is 0 Å². The maximum atomic E-state index is 5.70. The summed E-state index contributed by atoms with van der Waals surface area (Å²) in [6.45, 7) is 0. The number of ether oxygens (including phenoxy) is 2. The molecule has 0 aliphatic rings. The molecule has 5 nitrogen and oxygen atoms in total. The van der Waals surface area contributed by atoms with Crippen LogP contribution < -0.4 is 15.2 Å². The normalized spacial score (nSPS) is 10.8. The zero-order valence-electron chi connectivity index (χ0n) is 10.6. The first-order valence-electron chi connectivity index (χ1n) is 5.68. The number of fused-ring (bicyclic) bond motifs is 1. The number of aromatic amines is 1. The van der Waals surface area contributed by atoms with Crippen LogP contribution in [0.25, 0.3) is 22.2 Å². The van der Waals surface area contributed by atoms with Gasteiger partial charge in [0.05, 0.1) is 30.8 Å². The minimum absolute atomic E-state index is 0.547. The molecule has 0 saturated heterocycles. The van der Waals surface area contributed by atoms with Gasteiger partial charge in [0, 0.05) is 17.1 Å². The van der Waals surface area contributed by atoms with E-state index in [4.69, 9.17) is 15.2 Å². The number of hydrogen-bond acceptors (Lipinski definition) is 5. The molecule has 98 valence electrons. The zero-order valence-corrected chi connectivity index (χ0v) is 11.4. The van der Waals surface area contributed by atoms with E-state index < -0.39 is 0 Å². The van der Waals surface area contributed by atoms with Crippen molar-refractivity contribution in [1.29, 1.82) is 0 Å². The minimum atomic E-state index is 0.547. The molecule has 3 aromatic rings. The largest absolute Gasteiger partial charge is 0.496 e. The third-order valence-corrected chi connectivity index (χ3v) is 3.67. The first-order chi connectivity index (χ1) is 9.24. The maximum Gasteiger partial charge on any atom is 0.180 e. The number of nitrogens with two attached hydrogens (primary N) is 1. The van der Waals surface area contributed by atoms with Crippen LogP contribution in [-0.4, -0.2) is 24.2 Å². The molecule has 6 heteroatoms. The minimum Gasteiger partial charge on any atom is -0.496 e. The van der Waals surface area contributed by atoms with Gasteiger partial charge in [-0.1, -0.05) is 0 Å². The molecule has 2 aromatic heterocycles. The number of H-pyrrole nitrogens is 1. The van der Waals surface area contributed by atoms with Gasteiger partial charge in [0.25, 0.3) is 0 Å². The monoisotopic (exact) mass is 275 g/mol. The van der Waals surface area contributed by atoms with Crippen LogP contribution in [-0.2, 0) is 0 Å². The van der Waals surface area contributed by atoms with Gasteiger partial charge in [0.1, 0.15) is 11.5 Å². The molecule has 0 aliphatic carbocycles. The molecule has 3 rings (SSSR count). The molecule has 19 heavy (non-hydrogen) atoms. The first kappa shape index (κ1) is 11.9. The van der Waals surface area contributed by atoms with Crippen molar-refractivity contribution >= 4 is 27.4 Å². The van der Waals surface area contributed by atoms with E-state index in [1.54, 1.807) is 14.2 Å². The summed E-state index contributed by atoms with van der Waals surface area (Å²) in [4.78, 5) is 7.52. The van der Waals surface area contributed by atoms with E-state index in [-0.39, 0.29) is 0 Å². The van der Waals surface area contributed by atoms with Crippen molar-refractivity contribution in [3.05, 3.63) is 23.7 Å². The van der Waals surface area contributed by atoms with E-state index >= 15 is 0 Å². The Morgan fingerprint density at radius 2 is 1.95 bits per heavy atom. The second kappa shape index (κ2) is 4.47. The fraction of sp³-hybridized carbons (Fsp3) is 0.154. The predicted molar refractivity (Wildman–Crippen MR) is 76.9 cm³/mol. The van der Waals surface area contributed by atoms with Crippen LogP contribution in [0, 0.1) is 0 Å².